The summed E-state index contributed by atoms with van der Waals surface area (Å²) in [5.74, 6) is -1.36. The van der Waals surface area contributed by atoms with Crippen LogP contribution in [0.2, 0.25) is 0 Å². The Bertz CT molecular complexity index is 863. The molecular weight excluding hydrogens is 310 g/mol. The van der Waals surface area contributed by atoms with Crippen molar-refractivity contribution in [2.45, 2.75) is 6.42 Å². The molecule has 4 rings (SSSR count). The van der Waals surface area contributed by atoms with Crippen molar-refractivity contribution in [2.24, 2.45) is 5.92 Å². The molecule has 0 aliphatic carbocycles. The van der Waals surface area contributed by atoms with E-state index in [-0.39, 0.29) is 5.91 Å². The number of thiazole rings is 1. The first-order valence-corrected chi connectivity index (χ1v) is 8.20. The largest absolute Gasteiger partial charge is 0.481 e. The van der Waals surface area contributed by atoms with Crippen LogP contribution in [0.4, 0.5) is 0 Å². The normalized spacial score (nSPS) is 18.9. The quantitative estimate of drug-likeness (QED) is 0.785. The Morgan fingerprint density at radius 1 is 1.43 bits per heavy atom. The van der Waals surface area contributed by atoms with E-state index in [4.69, 9.17) is 5.11 Å². The topological polar surface area (TPSA) is 74.9 Å². The van der Waals surface area contributed by atoms with Crippen LogP contribution in [0, 0.1) is 5.92 Å². The second kappa shape index (κ2) is 4.54. The maximum absolute atomic E-state index is 12.5. The number of nitrogens with zero attached hydrogens (tertiary/aromatic N) is 3. The van der Waals surface area contributed by atoms with Crippen LogP contribution >= 0.6 is 22.7 Å². The average molecular weight is 321 g/mol. The lowest BCUT2D eigenvalue weighted by Gasteiger charge is -2.14. The van der Waals surface area contributed by atoms with Gasteiger partial charge in [0, 0.05) is 24.7 Å². The molecule has 1 N–H and O–H groups in total. The molecule has 3 aromatic heterocycles. The molecule has 21 heavy (non-hydrogen) atoms. The fourth-order valence-corrected chi connectivity index (χ4v) is 4.42. The van der Waals surface area contributed by atoms with Crippen LogP contribution in [0.15, 0.2) is 17.6 Å². The maximum atomic E-state index is 12.5. The summed E-state index contributed by atoms with van der Waals surface area (Å²) in [5, 5.41) is 11.0. The third kappa shape index (κ3) is 1.94. The van der Waals surface area contributed by atoms with Crippen LogP contribution in [0.5, 0.6) is 0 Å². The van der Waals surface area contributed by atoms with Crippen LogP contribution in [0.1, 0.15) is 16.1 Å². The number of carboxylic acids is 1. The summed E-state index contributed by atoms with van der Waals surface area (Å²) in [7, 11) is 0. The SMILES string of the molecule is O=C(O)C1CCN(C(=O)c2cc3c(nc4sccn43)s2)C1. The van der Waals surface area contributed by atoms with E-state index in [1.807, 2.05) is 22.0 Å². The lowest BCUT2D eigenvalue weighted by atomic mass is 10.1. The van der Waals surface area contributed by atoms with Gasteiger partial charge in [0.2, 0.25) is 0 Å². The molecule has 3 aromatic rings. The van der Waals surface area contributed by atoms with Crippen LogP contribution in [-0.2, 0) is 4.79 Å². The summed E-state index contributed by atoms with van der Waals surface area (Å²) in [6.07, 6.45) is 2.46. The highest BCUT2D eigenvalue weighted by Crippen LogP contribution is 2.30. The van der Waals surface area contributed by atoms with Crippen molar-refractivity contribution < 1.29 is 14.7 Å². The maximum Gasteiger partial charge on any atom is 0.308 e. The minimum absolute atomic E-state index is 0.0919. The van der Waals surface area contributed by atoms with Crippen LogP contribution < -0.4 is 0 Å². The molecule has 1 fully saturated rings. The number of aliphatic carboxylic acids is 1. The number of aromatic nitrogens is 2. The first-order valence-electron chi connectivity index (χ1n) is 6.50. The van der Waals surface area contributed by atoms with Gasteiger partial charge in [-0.05, 0) is 12.5 Å². The molecule has 1 aliphatic heterocycles. The van der Waals surface area contributed by atoms with Crippen molar-refractivity contribution in [3.8, 4) is 0 Å². The van der Waals surface area contributed by atoms with E-state index < -0.39 is 11.9 Å². The lowest BCUT2D eigenvalue weighted by molar-refractivity contribution is -0.141. The molecule has 1 atom stereocenters. The predicted octanol–water partition coefficient (Wildman–Crippen LogP) is 2.16. The molecule has 0 bridgehead atoms. The number of hydrogen-bond donors (Lipinski definition) is 1. The fourth-order valence-electron chi connectivity index (χ4n) is 2.66. The molecule has 6 nitrogen and oxygen atoms in total. The van der Waals surface area contributed by atoms with Crippen LogP contribution in [0.3, 0.4) is 0 Å². The molecular formula is C13H11N3O3S2. The molecule has 0 saturated carbocycles. The van der Waals surface area contributed by atoms with E-state index in [0.29, 0.717) is 24.4 Å². The predicted molar refractivity (Wildman–Crippen MR) is 80.1 cm³/mol. The van der Waals surface area contributed by atoms with Crippen LogP contribution in [0.25, 0.3) is 15.3 Å². The fraction of sp³-hybridized carbons (Fsp3) is 0.308. The molecule has 108 valence electrons. The van der Waals surface area contributed by atoms with E-state index in [1.54, 1.807) is 16.2 Å². The first-order chi connectivity index (χ1) is 10.1. The summed E-state index contributed by atoms with van der Waals surface area (Å²) in [5.41, 5.74) is 0.939. The summed E-state index contributed by atoms with van der Waals surface area (Å²) in [6.45, 7) is 0.803. The number of carboxylic acid groups (broad SMARTS) is 1. The Hall–Kier alpha value is -1.93. The molecule has 1 saturated heterocycles. The summed E-state index contributed by atoms with van der Waals surface area (Å²) < 4.78 is 1.97. The highest BCUT2D eigenvalue weighted by atomic mass is 32.1. The Balaban J connectivity index is 1.65. The van der Waals surface area contributed by atoms with E-state index in [1.165, 1.54) is 11.3 Å². The second-order valence-electron chi connectivity index (χ2n) is 5.04. The number of imidazole rings is 1. The Kier molecular flexibility index (Phi) is 2.76. The molecule has 1 aliphatic rings. The summed E-state index contributed by atoms with van der Waals surface area (Å²) >= 11 is 2.93. The van der Waals surface area contributed by atoms with E-state index >= 15 is 0 Å². The van der Waals surface area contributed by atoms with Gasteiger partial charge in [-0.1, -0.05) is 0 Å². The standard InChI is InChI=1S/C13H11N3O3S2/c17-11(15-2-1-7(6-15)12(18)19)9-5-8-10(21-9)14-13-16(8)3-4-20-13/h3-5,7H,1-2,6H2,(H,18,19). The number of amides is 1. The molecule has 0 aromatic carbocycles. The van der Waals surface area contributed by atoms with Gasteiger partial charge in [0.25, 0.3) is 5.91 Å². The zero-order valence-electron chi connectivity index (χ0n) is 10.9. The van der Waals surface area contributed by atoms with E-state index in [2.05, 4.69) is 4.98 Å². The Morgan fingerprint density at radius 2 is 2.29 bits per heavy atom. The van der Waals surface area contributed by atoms with Gasteiger partial charge < -0.3 is 10.0 Å². The van der Waals surface area contributed by atoms with Gasteiger partial charge in [0.05, 0.1) is 16.3 Å². The number of fused-ring (bicyclic) bond motifs is 3. The molecule has 0 radical (unpaired) electrons. The first kappa shape index (κ1) is 12.8. The summed E-state index contributed by atoms with van der Waals surface area (Å²) in [6, 6.07) is 1.85. The summed E-state index contributed by atoms with van der Waals surface area (Å²) in [4.78, 5) is 31.9. The third-order valence-electron chi connectivity index (χ3n) is 3.78. The van der Waals surface area contributed by atoms with Crippen molar-refractivity contribution in [1.82, 2.24) is 14.3 Å². The van der Waals surface area contributed by atoms with Crippen molar-refractivity contribution in [2.75, 3.05) is 13.1 Å². The number of likely N-dealkylation sites (tertiary alicyclic amines) is 1. The molecule has 8 heteroatoms. The highest BCUT2D eigenvalue weighted by Gasteiger charge is 2.32. The van der Waals surface area contributed by atoms with Crippen molar-refractivity contribution in [1.29, 1.82) is 0 Å². The van der Waals surface area contributed by atoms with E-state index in [0.717, 1.165) is 15.3 Å². The minimum atomic E-state index is -0.826. The number of carbonyl (C=O) groups is 2. The second-order valence-corrected chi connectivity index (χ2v) is 6.95. The van der Waals surface area contributed by atoms with Gasteiger partial charge in [0.15, 0.2) is 4.96 Å². The number of hydrogen-bond acceptors (Lipinski definition) is 5. The van der Waals surface area contributed by atoms with Gasteiger partial charge in [-0.25, -0.2) is 4.98 Å². The molecule has 4 heterocycles. The van der Waals surface area contributed by atoms with Crippen molar-refractivity contribution in [3.63, 3.8) is 0 Å². The minimum Gasteiger partial charge on any atom is -0.481 e. The van der Waals surface area contributed by atoms with Gasteiger partial charge >= 0.3 is 5.97 Å². The van der Waals surface area contributed by atoms with E-state index in [9.17, 15) is 9.59 Å². The van der Waals surface area contributed by atoms with Crippen molar-refractivity contribution >= 4 is 49.9 Å². The zero-order chi connectivity index (χ0) is 14.6. The zero-order valence-corrected chi connectivity index (χ0v) is 12.5. The Morgan fingerprint density at radius 3 is 3.05 bits per heavy atom. The van der Waals surface area contributed by atoms with Gasteiger partial charge in [0.1, 0.15) is 4.83 Å². The monoisotopic (exact) mass is 321 g/mol. The smallest absolute Gasteiger partial charge is 0.308 e. The van der Waals surface area contributed by atoms with Gasteiger partial charge in [-0.15, -0.1) is 22.7 Å². The van der Waals surface area contributed by atoms with Crippen molar-refractivity contribution in [3.05, 3.63) is 22.5 Å². The molecule has 1 amide bonds. The number of thiophene rings is 1. The number of carbonyl (C=O) groups excluding carboxylic acids is 1. The molecule has 1 unspecified atom stereocenters. The highest BCUT2D eigenvalue weighted by molar-refractivity contribution is 7.21. The lowest BCUT2D eigenvalue weighted by Crippen LogP contribution is -2.29. The van der Waals surface area contributed by atoms with Crippen LogP contribution in [-0.4, -0.2) is 44.4 Å². The molecule has 0 spiro atoms. The third-order valence-corrected chi connectivity index (χ3v) is 5.54. The Labute approximate surface area is 127 Å². The average Bonchev–Trinajstić information content (AvgIpc) is 3.18. The van der Waals surface area contributed by atoms with Gasteiger partial charge in [-0.2, -0.15) is 0 Å². The van der Waals surface area contributed by atoms with Gasteiger partial charge in [-0.3, -0.25) is 14.0 Å². The number of rotatable bonds is 2.